The minimum Gasteiger partial charge on any atom is -0.462 e. The third-order valence-electron chi connectivity index (χ3n) is 15.2. The van der Waals surface area contributed by atoms with Crippen LogP contribution in [0.3, 0.4) is 0 Å². The average Bonchev–Trinajstić information content (AvgIpc) is 3.44. The number of ether oxygens (including phenoxy) is 3. The Morgan fingerprint density at radius 1 is 0.269 bits per heavy atom. The maximum absolute atomic E-state index is 12.9. The molecule has 0 saturated heterocycles. The lowest BCUT2D eigenvalue weighted by molar-refractivity contribution is -0.167. The molecule has 0 rings (SSSR count). The van der Waals surface area contributed by atoms with Gasteiger partial charge in [-0.15, -0.1) is 0 Å². The van der Waals surface area contributed by atoms with E-state index >= 15 is 0 Å². The van der Waals surface area contributed by atoms with Crippen molar-refractivity contribution in [1.29, 1.82) is 0 Å². The van der Waals surface area contributed by atoms with E-state index < -0.39 is 6.10 Å². The largest absolute Gasteiger partial charge is 0.462 e. The van der Waals surface area contributed by atoms with Gasteiger partial charge in [0.25, 0.3) is 0 Å². The minimum absolute atomic E-state index is 0.0741. The predicted octanol–water partition coefficient (Wildman–Crippen LogP) is 23.5. The molecule has 0 aromatic rings. The Morgan fingerprint density at radius 3 is 0.846 bits per heavy atom. The van der Waals surface area contributed by atoms with Crippen molar-refractivity contribution in [3.63, 3.8) is 0 Å². The fourth-order valence-electron chi connectivity index (χ4n) is 10.1. The van der Waals surface area contributed by atoms with Gasteiger partial charge in [0.05, 0.1) is 0 Å². The second-order valence-corrected chi connectivity index (χ2v) is 23.1. The molecule has 0 amide bonds. The number of allylic oxidation sites excluding steroid dienone is 10. The van der Waals surface area contributed by atoms with Crippen molar-refractivity contribution in [2.45, 2.75) is 367 Å². The zero-order valence-electron chi connectivity index (χ0n) is 52.2. The molecule has 0 aromatic carbocycles. The van der Waals surface area contributed by atoms with Crippen LogP contribution in [0, 0.1) is 0 Å². The first kappa shape index (κ1) is 75.1. The van der Waals surface area contributed by atoms with E-state index in [1.807, 2.05) is 0 Å². The molecule has 454 valence electrons. The number of unbranched alkanes of at least 4 members (excludes halogenated alkanes) is 42. The van der Waals surface area contributed by atoms with E-state index in [1.54, 1.807) is 0 Å². The van der Waals surface area contributed by atoms with Gasteiger partial charge in [0.1, 0.15) is 13.2 Å². The van der Waals surface area contributed by atoms with Gasteiger partial charge in [-0.05, 0) is 77.0 Å². The zero-order valence-corrected chi connectivity index (χ0v) is 52.2. The SMILES string of the molecule is CC/C=C\C/C=C\C/C=C\C/C=C\CCCCCCCCCCCCCCC(=O)OCC(COC(=O)CCCCCCC/C=C\CCC)OC(=O)CCCCCCCCCCCCCCCCCCCCCCCCCCC. The molecule has 1 unspecified atom stereocenters. The Hall–Kier alpha value is -2.89. The molecule has 6 nitrogen and oxygen atoms in total. The number of hydrogen-bond donors (Lipinski definition) is 0. The first-order chi connectivity index (χ1) is 38.5. The van der Waals surface area contributed by atoms with Gasteiger partial charge >= 0.3 is 17.9 Å². The number of carbonyl (C=O) groups is 3. The van der Waals surface area contributed by atoms with Crippen molar-refractivity contribution >= 4 is 17.9 Å². The van der Waals surface area contributed by atoms with Crippen LogP contribution in [0.15, 0.2) is 60.8 Å². The Bertz CT molecular complexity index is 1390. The lowest BCUT2D eigenvalue weighted by Crippen LogP contribution is -2.30. The highest BCUT2D eigenvalue weighted by atomic mass is 16.6. The Balaban J connectivity index is 4.17. The van der Waals surface area contributed by atoms with Gasteiger partial charge < -0.3 is 14.2 Å². The Labute approximate surface area is 485 Å². The molecule has 0 spiro atoms. The van der Waals surface area contributed by atoms with Crippen molar-refractivity contribution in [3.8, 4) is 0 Å². The molecule has 0 radical (unpaired) electrons. The molecule has 0 bridgehead atoms. The summed E-state index contributed by atoms with van der Waals surface area (Å²) >= 11 is 0. The number of hydrogen-bond acceptors (Lipinski definition) is 6. The standard InChI is InChI=1S/C72H130O6/c1-4-7-10-13-16-19-22-24-26-28-30-32-34-36-38-40-42-44-46-48-50-53-56-59-62-65-71(74)77-68-69(67-76-70(73)64-61-58-55-52-21-18-15-12-9-6-3)78-72(75)66-63-60-57-54-51-49-47-45-43-41-39-37-35-33-31-29-27-25-23-20-17-14-11-8-5-2/h7,10,12,15-16,19,24,26,30,32,69H,4-6,8-9,11,13-14,17-18,20-23,25,27-29,31,33-68H2,1-3H3/b10-7-,15-12-,19-16-,26-24-,32-30-. The molecular weight excluding hydrogens is 961 g/mol. The summed E-state index contributed by atoms with van der Waals surface area (Å²) in [5.74, 6) is -0.865. The van der Waals surface area contributed by atoms with Crippen molar-refractivity contribution < 1.29 is 28.6 Å². The van der Waals surface area contributed by atoms with Gasteiger partial charge in [-0.25, -0.2) is 0 Å². The van der Waals surface area contributed by atoms with Crippen LogP contribution in [0.5, 0.6) is 0 Å². The number of esters is 3. The monoisotopic (exact) mass is 1090 g/mol. The molecule has 0 aromatic heterocycles. The lowest BCUT2D eigenvalue weighted by atomic mass is 10.0. The normalized spacial score (nSPS) is 12.4. The van der Waals surface area contributed by atoms with Gasteiger partial charge in [-0.2, -0.15) is 0 Å². The van der Waals surface area contributed by atoms with Crippen LogP contribution in [-0.2, 0) is 28.6 Å². The van der Waals surface area contributed by atoms with Crippen LogP contribution in [-0.4, -0.2) is 37.2 Å². The molecule has 0 aliphatic rings. The summed E-state index contributed by atoms with van der Waals surface area (Å²) in [7, 11) is 0. The van der Waals surface area contributed by atoms with Crippen LogP contribution in [0.4, 0.5) is 0 Å². The molecule has 0 aliphatic carbocycles. The summed E-state index contributed by atoms with van der Waals surface area (Å²) < 4.78 is 16.9. The smallest absolute Gasteiger partial charge is 0.306 e. The highest BCUT2D eigenvalue weighted by Crippen LogP contribution is 2.18. The van der Waals surface area contributed by atoms with E-state index in [2.05, 4.69) is 81.5 Å². The van der Waals surface area contributed by atoms with Crippen LogP contribution < -0.4 is 0 Å². The first-order valence-corrected chi connectivity index (χ1v) is 34.3. The van der Waals surface area contributed by atoms with Crippen LogP contribution in [0.1, 0.15) is 361 Å². The fourth-order valence-corrected chi connectivity index (χ4v) is 10.1. The maximum atomic E-state index is 12.9. The highest BCUT2D eigenvalue weighted by molar-refractivity contribution is 5.71. The van der Waals surface area contributed by atoms with E-state index in [4.69, 9.17) is 14.2 Å². The third-order valence-corrected chi connectivity index (χ3v) is 15.2. The maximum Gasteiger partial charge on any atom is 0.306 e. The molecule has 0 aliphatic heterocycles. The van der Waals surface area contributed by atoms with Crippen molar-refractivity contribution in [2.24, 2.45) is 0 Å². The van der Waals surface area contributed by atoms with Gasteiger partial charge in [0.15, 0.2) is 6.10 Å². The third kappa shape index (κ3) is 63.9. The molecule has 1 atom stereocenters. The van der Waals surface area contributed by atoms with E-state index in [1.165, 1.54) is 225 Å². The van der Waals surface area contributed by atoms with Crippen LogP contribution >= 0.6 is 0 Å². The van der Waals surface area contributed by atoms with Crippen LogP contribution in [0.25, 0.3) is 0 Å². The predicted molar refractivity (Wildman–Crippen MR) is 339 cm³/mol. The topological polar surface area (TPSA) is 78.9 Å². The summed E-state index contributed by atoms with van der Waals surface area (Å²) in [6, 6.07) is 0. The Kier molecular flexibility index (Phi) is 64.2. The van der Waals surface area contributed by atoms with Gasteiger partial charge in [-0.1, -0.05) is 326 Å². The van der Waals surface area contributed by atoms with Crippen molar-refractivity contribution in [2.75, 3.05) is 13.2 Å². The fraction of sp³-hybridized carbons (Fsp3) is 0.819. The Morgan fingerprint density at radius 2 is 0.526 bits per heavy atom. The quantitative estimate of drug-likeness (QED) is 0.0261. The van der Waals surface area contributed by atoms with Gasteiger partial charge in [-0.3, -0.25) is 14.4 Å². The van der Waals surface area contributed by atoms with E-state index in [-0.39, 0.29) is 31.1 Å². The summed E-state index contributed by atoms with van der Waals surface area (Å²) in [6.45, 7) is 6.52. The van der Waals surface area contributed by atoms with Gasteiger partial charge in [0.2, 0.25) is 0 Å². The van der Waals surface area contributed by atoms with Crippen LogP contribution in [0.2, 0.25) is 0 Å². The average molecular weight is 1090 g/mol. The summed E-state index contributed by atoms with van der Waals surface area (Å²) in [5.41, 5.74) is 0. The van der Waals surface area contributed by atoms with E-state index in [9.17, 15) is 14.4 Å². The van der Waals surface area contributed by atoms with Crippen molar-refractivity contribution in [1.82, 2.24) is 0 Å². The molecule has 0 N–H and O–H groups in total. The van der Waals surface area contributed by atoms with Gasteiger partial charge in [0, 0.05) is 19.3 Å². The summed E-state index contributed by atoms with van der Waals surface area (Å²) in [4.78, 5) is 38.3. The van der Waals surface area contributed by atoms with Crippen molar-refractivity contribution in [3.05, 3.63) is 60.8 Å². The summed E-state index contributed by atoms with van der Waals surface area (Å²) in [5, 5.41) is 0. The van der Waals surface area contributed by atoms with E-state index in [0.717, 1.165) is 96.3 Å². The molecule has 6 heteroatoms. The molecule has 0 heterocycles. The molecule has 0 saturated carbocycles. The van der Waals surface area contributed by atoms with E-state index in [0.29, 0.717) is 19.3 Å². The first-order valence-electron chi connectivity index (χ1n) is 34.3. The number of carbonyl (C=O) groups excluding carboxylic acids is 3. The second-order valence-electron chi connectivity index (χ2n) is 23.1. The zero-order chi connectivity index (χ0) is 56.4. The lowest BCUT2D eigenvalue weighted by Gasteiger charge is -2.18. The summed E-state index contributed by atoms with van der Waals surface area (Å²) in [6.07, 6.45) is 85.5. The molecule has 0 fully saturated rings. The number of rotatable bonds is 63. The molecular formula is C72H130O6. The molecule has 78 heavy (non-hydrogen) atoms. The minimum atomic E-state index is -0.776. The highest BCUT2D eigenvalue weighted by Gasteiger charge is 2.19. The second kappa shape index (κ2) is 66.6.